The standard InChI is InChI=1S/C22H23ClN4O2S/c1-15(2)29-13-7-12-26-20(28)17-9-4-6-11-19(17)27-21(26)24-25-22(27)30-14-16-8-3-5-10-18(16)23/h3-6,8-11,15H,7,12-14H2,1-2H3. The number of fused-ring (bicyclic) bond motifs is 3. The van der Waals surface area contributed by atoms with Crippen molar-refractivity contribution < 1.29 is 4.74 Å². The van der Waals surface area contributed by atoms with Gasteiger partial charge in [-0.2, -0.15) is 0 Å². The summed E-state index contributed by atoms with van der Waals surface area (Å²) in [7, 11) is 0. The van der Waals surface area contributed by atoms with Gasteiger partial charge in [0, 0.05) is 23.9 Å². The van der Waals surface area contributed by atoms with Gasteiger partial charge in [0.2, 0.25) is 5.78 Å². The highest BCUT2D eigenvalue weighted by Gasteiger charge is 2.17. The molecule has 4 aromatic rings. The van der Waals surface area contributed by atoms with Gasteiger partial charge in [0.15, 0.2) is 5.16 Å². The van der Waals surface area contributed by atoms with Gasteiger partial charge in [0.1, 0.15) is 0 Å². The molecule has 2 heterocycles. The highest BCUT2D eigenvalue weighted by atomic mass is 35.5. The van der Waals surface area contributed by atoms with Gasteiger partial charge in [-0.25, -0.2) is 0 Å². The largest absolute Gasteiger partial charge is 0.379 e. The molecule has 0 unspecified atom stereocenters. The van der Waals surface area contributed by atoms with E-state index in [-0.39, 0.29) is 11.7 Å². The predicted octanol–water partition coefficient (Wildman–Crippen LogP) is 4.81. The summed E-state index contributed by atoms with van der Waals surface area (Å²) >= 11 is 7.85. The summed E-state index contributed by atoms with van der Waals surface area (Å²) in [5, 5.41) is 10.9. The first-order chi connectivity index (χ1) is 14.6. The second-order valence-electron chi connectivity index (χ2n) is 7.25. The molecule has 0 bridgehead atoms. The number of hydrogen-bond donors (Lipinski definition) is 0. The third-order valence-corrected chi connectivity index (χ3v) is 6.12. The van der Waals surface area contributed by atoms with Gasteiger partial charge in [0.05, 0.1) is 17.0 Å². The SMILES string of the molecule is CC(C)OCCCn1c(=O)c2ccccc2n2c(SCc3ccccc3Cl)nnc12. The van der Waals surface area contributed by atoms with E-state index in [2.05, 4.69) is 10.2 Å². The summed E-state index contributed by atoms with van der Waals surface area (Å²) < 4.78 is 9.29. The van der Waals surface area contributed by atoms with Crippen molar-refractivity contribution in [2.75, 3.05) is 6.61 Å². The summed E-state index contributed by atoms with van der Waals surface area (Å²) in [5.41, 5.74) is 1.78. The lowest BCUT2D eigenvalue weighted by atomic mass is 10.2. The molecule has 0 amide bonds. The molecule has 30 heavy (non-hydrogen) atoms. The van der Waals surface area contributed by atoms with Crippen LogP contribution in [0.3, 0.4) is 0 Å². The summed E-state index contributed by atoms with van der Waals surface area (Å²) in [6.07, 6.45) is 0.889. The first kappa shape index (κ1) is 20.9. The molecular weight excluding hydrogens is 420 g/mol. The van der Waals surface area contributed by atoms with E-state index >= 15 is 0 Å². The number of aromatic nitrogens is 4. The highest BCUT2D eigenvalue weighted by molar-refractivity contribution is 7.98. The van der Waals surface area contributed by atoms with Gasteiger partial charge in [-0.15, -0.1) is 10.2 Å². The molecule has 0 N–H and O–H groups in total. The van der Waals surface area contributed by atoms with E-state index in [1.165, 1.54) is 0 Å². The van der Waals surface area contributed by atoms with Crippen molar-refractivity contribution in [1.29, 1.82) is 0 Å². The van der Waals surface area contributed by atoms with Gasteiger partial charge in [0.25, 0.3) is 5.56 Å². The fraction of sp³-hybridized carbons (Fsp3) is 0.318. The van der Waals surface area contributed by atoms with Crippen LogP contribution >= 0.6 is 23.4 Å². The minimum Gasteiger partial charge on any atom is -0.379 e. The van der Waals surface area contributed by atoms with Gasteiger partial charge >= 0.3 is 0 Å². The average Bonchev–Trinajstić information content (AvgIpc) is 3.16. The van der Waals surface area contributed by atoms with Crippen molar-refractivity contribution in [1.82, 2.24) is 19.2 Å². The van der Waals surface area contributed by atoms with E-state index in [1.54, 1.807) is 16.3 Å². The van der Waals surface area contributed by atoms with E-state index in [0.29, 0.717) is 30.1 Å². The lowest BCUT2D eigenvalue weighted by Crippen LogP contribution is -2.24. The zero-order valence-corrected chi connectivity index (χ0v) is 18.5. The molecule has 4 rings (SSSR count). The number of para-hydroxylation sites is 1. The van der Waals surface area contributed by atoms with Crippen LogP contribution in [0.25, 0.3) is 16.7 Å². The van der Waals surface area contributed by atoms with Crippen LogP contribution in [0.15, 0.2) is 58.5 Å². The third-order valence-electron chi connectivity index (χ3n) is 4.77. The molecule has 0 aliphatic heterocycles. The molecule has 156 valence electrons. The van der Waals surface area contributed by atoms with Crippen molar-refractivity contribution in [2.45, 2.75) is 43.8 Å². The number of nitrogens with zero attached hydrogens (tertiary/aromatic N) is 4. The van der Waals surface area contributed by atoms with Crippen molar-refractivity contribution >= 4 is 40.0 Å². The Balaban J connectivity index is 1.72. The molecule has 0 saturated heterocycles. The van der Waals surface area contributed by atoms with Crippen LogP contribution in [0.4, 0.5) is 0 Å². The predicted molar refractivity (Wildman–Crippen MR) is 121 cm³/mol. The van der Waals surface area contributed by atoms with Crippen molar-refractivity contribution in [3.05, 3.63) is 69.5 Å². The fourth-order valence-electron chi connectivity index (χ4n) is 3.33. The Bertz CT molecular complexity index is 1230. The minimum atomic E-state index is -0.0577. The molecule has 0 aliphatic carbocycles. The number of rotatable bonds is 8. The highest BCUT2D eigenvalue weighted by Crippen LogP contribution is 2.27. The lowest BCUT2D eigenvalue weighted by molar-refractivity contribution is 0.0748. The van der Waals surface area contributed by atoms with Crippen molar-refractivity contribution in [2.24, 2.45) is 0 Å². The third kappa shape index (κ3) is 4.24. The number of aryl methyl sites for hydroxylation is 1. The first-order valence-electron chi connectivity index (χ1n) is 9.90. The molecule has 2 aromatic carbocycles. The fourth-order valence-corrected chi connectivity index (χ4v) is 4.55. The summed E-state index contributed by atoms with van der Waals surface area (Å²) in [4.78, 5) is 13.1. The molecule has 0 atom stereocenters. The maximum absolute atomic E-state index is 13.1. The van der Waals surface area contributed by atoms with Gasteiger partial charge in [-0.05, 0) is 44.0 Å². The molecule has 2 aromatic heterocycles. The molecule has 0 radical (unpaired) electrons. The Morgan fingerprint density at radius 3 is 2.67 bits per heavy atom. The summed E-state index contributed by atoms with van der Waals surface area (Å²) in [6, 6.07) is 15.3. The van der Waals surface area contributed by atoms with Crippen molar-refractivity contribution in [3.8, 4) is 0 Å². The second kappa shape index (κ2) is 9.20. The maximum atomic E-state index is 13.1. The van der Waals surface area contributed by atoms with E-state index < -0.39 is 0 Å². The van der Waals surface area contributed by atoms with E-state index in [9.17, 15) is 4.79 Å². The zero-order chi connectivity index (χ0) is 21.1. The Morgan fingerprint density at radius 2 is 1.87 bits per heavy atom. The molecule has 0 spiro atoms. The molecule has 0 fully saturated rings. The second-order valence-corrected chi connectivity index (χ2v) is 8.59. The van der Waals surface area contributed by atoms with Crippen LogP contribution in [0, 0.1) is 0 Å². The number of ether oxygens (including phenoxy) is 1. The maximum Gasteiger partial charge on any atom is 0.262 e. The van der Waals surface area contributed by atoms with Crippen LogP contribution in [0.2, 0.25) is 5.02 Å². The molecular formula is C22H23ClN4O2S. The quantitative estimate of drug-likeness (QED) is 0.289. The van der Waals surface area contributed by atoms with Crippen LogP contribution in [0.5, 0.6) is 0 Å². The summed E-state index contributed by atoms with van der Waals surface area (Å²) in [5.74, 6) is 1.21. The molecule has 0 saturated carbocycles. The van der Waals surface area contributed by atoms with Gasteiger partial charge in [-0.1, -0.05) is 53.7 Å². The van der Waals surface area contributed by atoms with Crippen LogP contribution in [0.1, 0.15) is 25.8 Å². The Hall–Kier alpha value is -2.35. The smallest absolute Gasteiger partial charge is 0.262 e. The monoisotopic (exact) mass is 442 g/mol. The number of halogens is 1. The molecule has 0 aliphatic rings. The normalized spacial score (nSPS) is 11.7. The number of benzene rings is 2. The van der Waals surface area contributed by atoms with Gasteiger partial charge < -0.3 is 4.74 Å². The Labute approximate surface area is 183 Å². The van der Waals surface area contributed by atoms with Crippen LogP contribution < -0.4 is 5.56 Å². The van der Waals surface area contributed by atoms with E-state index in [1.807, 2.05) is 66.8 Å². The van der Waals surface area contributed by atoms with Crippen LogP contribution in [-0.4, -0.2) is 31.9 Å². The molecule has 6 nitrogen and oxygen atoms in total. The summed E-state index contributed by atoms with van der Waals surface area (Å²) in [6.45, 7) is 5.11. The van der Waals surface area contributed by atoms with E-state index in [0.717, 1.165) is 27.7 Å². The van der Waals surface area contributed by atoms with Crippen LogP contribution in [-0.2, 0) is 17.0 Å². The molecule has 8 heteroatoms. The van der Waals surface area contributed by atoms with Crippen molar-refractivity contribution in [3.63, 3.8) is 0 Å². The number of thioether (sulfide) groups is 1. The van der Waals surface area contributed by atoms with E-state index in [4.69, 9.17) is 16.3 Å². The topological polar surface area (TPSA) is 61.4 Å². The Kier molecular flexibility index (Phi) is 6.41. The number of hydrogen-bond acceptors (Lipinski definition) is 5. The zero-order valence-electron chi connectivity index (χ0n) is 16.9. The first-order valence-corrected chi connectivity index (χ1v) is 11.3. The minimum absolute atomic E-state index is 0.0577. The average molecular weight is 443 g/mol. The van der Waals surface area contributed by atoms with Gasteiger partial charge in [-0.3, -0.25) is 13.8 Å². The lowest BCUT2D eigenvalue weighted by Gasteiger charge is -2.12. The Morgan fingerprint density at radius 1 is 1.10 bits per heavy atom.